The van der Waals surface area contributed by atoms with Crippen LogP contribution in [0, 0.1) is 18.1 Å². The molecule has 2 unspecified atom stereocenters. The maximum Gasteiger partial charge on any atom is 0.0656 e. The fourth-order valence-corrected chi connectivity index (χ4v) is 10.1. The van der Waals surface area contributed by atoms with Crippen molar-refractivity contribution in [2.24, 2.45) is 10.9 Å². The van der Waals surface area contributed by atoms with Crippen molar-refractivity contribution in [1.29, 1.82) is 0 Å². The Morgan fingerprint density at radius 3 is 2.16 bits per heavy atom. The number of allylic oxidation sites excluding steroid dienone is 3. The van der Waals surface area contributed by atoms with Crippen LogP contribution in [0.25, 0.3) is 81.7 Å². The zero-order valence-corrected chi connectivity index (χ0v) is 31.3. The van der Waals surface area contributed by atoms with Gasteiger partial charge in [-0.1, -0.05) is 146 Å². The van der Waals surface area contributed by atoms with Crippen molar-refractivity contribution in [2.45, 2.75) is 18.9 Å². The molecular formula is C55H36N2. The molecule has 0 amide bonds. The number of fused-ring (bicyclic) bond motifs is 7. The Morgan fingerprint density at radius 1 is 0.561 bits per heavy atom. The standard InChI is InChI=1S/C55H36N2/c1-2-14-38-31-41(26-23-35(38)11-1)57-52-28-25-40(32-49(52)51-34-56-30-29-53(51)57)39-24-27-48-50(33-39)55(45-22-10-16-37-13-4-6-18-43(37)45)47-20-8-7-19-46(47)54(48)44-21-9-15-36-12-3-5-17-42(36)44/h1-4,6-16,18-24,26-27,29-34,51,53H,25,28H2. The average Bonchev–Trinajstić information content (AvgIpc) is 3.61. The molecule has 2 atom stereocenters. The zero-order valence-electron chi connectivity index (χ0n) is 31.3. The molecule has 0 radical (unpaired) electrons. The predicted molar refractivity (Wildman–Crippen MR) is 241 cm³/mol. The zero-order chi connectivity index (χ0) is 37.5. The first kappa shape index (κ1) is 32.1. The molecule has 0 spiro atoms. The predicted octanol–water partition coefficient (Wildman–Crippen LogP) is 13.9. The minimum absolute atomic E-state index is 0.202. The molecule has 266 valence electrons. The minimum atomic E-state index is 0.202. The lowest BCUT2D eigenvalue weighted by Crippen LogP contribution is -2.34. The monoisotopic (exact) mass is 724 g/mol. The second-order valence-corrected chi connectivity index (χ2v) is 15.6. The summed E-state index contributed by atoms with van der Waals surface area (Å²) in [6.07, 6.45) is 10.9. The fraction of sp³-hybridized carbons (Fsp3) is 0.0727. The van der Waals surface area contributed by atoms with Gasteiger partial charge in [-0.25, -0.2) is 0 Å². The summed E-state index contributed by atoms with van der Waals surface area (Å²) in [7, 11) is 0. The Labute approximate surface area is 332 Å². The van der Waals surface area contributed by atoms with Gasteiger partial charge in [0.25, 0.3) is 0 Å². The van der Waals surface area contributed by atoms with Crippen molar-refractivity contribution in [3.8, 4) is 22.3 Å². The van der Waals surface area contributed by atoms with Crippen LogP contribution in [0.1, 0.15) is 18.4 Å². The van der Waals surface area contributed by atoms with Crippen molar-refractivity contribution in [3.05, 3.63) is 205 Å². The first-order valence-corrected chi connectivity index (χ1v) is 20.0. The average molecular weight is 725 g/mol. The second-order valence-electron chi connectivity index (χ2n) is 15.6. The molecule has 0 aromatic heterocycles. The molecular weight excluding hydrogens is 689 g/mol. The highest BCUT2D eigenvalue weighted by Gasteiger charge is 2.40. The summed E-state index contributed by atoms with van der Waals surface area (Å²) in [5, 5.41) is 12.3. The summed E-state index contributed by atoms with van der Waals surface area (Å²) >= 11 is 0. The Bertz CT molecular complexity index is 3260. The van der Waals surface area contributed by atoms with Crippen LogP contribution >= 0.6 is 0 Å². The Morgan fingerprint density at radius 2 is 1.28 bits per heavy atom. The van der Waals surface area contributed by atoms with E-state index in [1.54, 1.807) is 0 Å². The van der Waals surface area contributed by atoms with Crippen LogP contribution in [0.3, 0.4) is 0 Å². The van der Waals surface area contributed by atoms with Gasteiger partial charge < -0.3 is 4.90 Å². The van der Waals surface area contributed by atoms with E-state index in [1.165, 1.54) is 98.8 Å². The Balaban J connectivity index is 1.10. The highest BCUT2D eigenvalue weighted by molar-refractivity contribution is 6.25. The van der Waals surface area contributed by atoms with Crippen LogP contribution in [0.15, 0.2) is 192 Å². The van der Waals surface area contributed by atoms with Crippen molar-refractivity contribution < 1.29 is 0 Å². The third kappa shape index (κ3) is 4.96. The number of aliphatic imine (C=N–C) groups is 1. The van der Waals surface area contributed by atoms with E-state index in [4.69, 9.17) is 0 Å². The lowest BCUT2D eigenvalue weighted by molar-refractivity contribution is 0.717. The number of hydrogen-bond acceptors (Lipinski definition) is 2. The number of hydrogen-bond donors (Lipinski definition) is 0. The van der Waals surface area contributed by atoms with E-state index in [1.807, 2.05) is 12.3 Å². The molecule has 0 saturated carbocycles. The van der Waals surface area contributed by atoms with Gasteiger partial charge in [0.2, 0.25) is 0 Å². The number of rotatable bonds is 4. The molecule has 0 saturated heterocycles. The van der Waals surface area contributed by atoms with Crippen molar-refractivity contribution in [3.63, 3.8) is 0 Å². The molecule has 0 fully saturated rings. The van der Waals surface area contributed by atoms with Crippen LogP contribution in [-0.4, -0.2) is 12.3 Å². The first-order chi connectivity index (χ1) is 28.3. The Kier molecular flexibility index (Phi) is 7.13. The molecule has 1 aliphatic carbocycles. The largest absolute Gasteiger partial charge is 0.337 e. The molecule has 2 heteroatoms. The topological polar surface area (TPSA) is 15.6 Å². The van der Waals surface area contributed by atoms with Crippen LogP contribution in [-0.2, 0) is 0 Å². The van der Waals surface area contributed by atoms with E-state index < -0.39 is 0 Å². The quantitative estimate of drug-likeness (QED) is 0.165. The maximum atomic E-state index is 4.69. The second kappa shape index (κ2) is 12.7. The molecule has 2 nitrogen and oxygen atoms in total. The fourth-order valence-electron chi connectivity index (χ4n) is 10.1. The number of nitrogens with zero attached hydrogens (tertiary/aromatic N) is 2. The SMILES string of the molecule is c1ccc2cccc(-c3c4ccccc4c(-c4cccc5ccccc45)c4cc(C5=CC6=C(CC5)N(c5ccc7ccccc7c5)C5C=CN=CC65)ccc34)c2c#1. The van der Waals surface area contributed by atoms with Crippen LogP contribution in [0.5, 0.6) is 0 Å². The first-order valence-electron chi connectivity index (χ1n) is 20.0. The van der Waals surface area contributed by atoms with Crippen molar-refractivity contribution >= 4 is 71.3 Å². The van der Waals surface area contributed by atoms with Gasteiger partial charge >= 0.3 is 0 Å². The third-order valence-corrected chi connectivity index (χ3v) is 12.6. The lowest BCUT2D eigenvalue weighted by atomic mass is 9.82. The maximum absolute atomic E-state index is 4.69. The summed E-state index contributed by atoms with van der Waals surface area (Å²) in [6, 6.07) is 65.0. The molecule has 3 aliphatic rings. The molecule has 0 N–H and O–H groups in total. The summed E-state index contributed by atoms with van der Waals surface area (Å²) in [6.45, 7) is 0. The van der Waals surface area contributed by atoms with Gasteiger partial charge in [-0.3, -0.25) is 4.99 Å². The van der Waals surface area contributed by atoms with Crippen molar-refractivity contribution in [2.75, 3.05) is 4.90 Å². The Hall–Kier alpha value is -7.21. The van der Waals surface area contributed by atoms with Gasteiger partial charge in [-0.05, 0) is 137 Å². The highest BCUT2D eigenvalue weighted by Crippen LogP contribution is 2.50. The van der Waals surface area contributed by atoms with Gasteiger partial charge in [0, 0.05) is 35.1 Å². The molecule has 9 aromatic carbocycles. The molecule has 2 aliphatic heterocycles. The minimum Gasteiger partial charge on any atom is -0.337 e. The van der Waals surface area contributed by atoms with Gasteiger partial charge in [-0.2, -0.15) is 0 Å². The molecule has 0 bridgehead atoms. The summed E-state index contributed by atoms with van der Waals surface area (Å²) in [4.78, 5) is 7.27. The van der Waals surface area contributed by atoms with E-state index in [9.17, 15) is 0 Å². The summed E-state index contributed by atoms with van der Waals surface area (Å²) in [5.41, 5.74) is 11.7. The van der Waals surface area contributed by atoms with Gasteiger partial charge in [0.1, 0.15) is 0 Å². The van der Waals surface area contributed by atoms with E-state index in [0.29, 0.717) is 0 Å². The van der Waals surface area contributed by atoms with E-state index >= 15 is 0 Å². The van der Waals surface area contributed by atoms with Gasteiger partial charge in [-0.15, -0.1) is 0 Å². The number of benzene rings is 8. The summed E-state index contributed by atoms with van der Waals surface area (Å²) < 4.78 is 0. The normalized spacial score (nSPS) is 17.4. The highest BCUT2D eigenvalue weighted by atomic mass is 15.2. The molecule has 9 aromatic rings. The smallest absolute Gasteiger partial charge is 0.0656 e. The number of anilines is 1. The van der Waals surface area contributed by atoms with E-state index in [-0.39, 0.29) is 12.0 Å². The third-order valence-electron chi connectivity index (χ3n) is 12.6. The van der Waals surface area contributed by atoms with Crippen LogP contribution in [0.2, 0.25) is 0 Å². The molecule has 12 rings (SSSR count). The van der Waals surface area contributed by atoms with Crippen LogP contribution < -0.4 is 4.90 Å². The van der Waals surface area contributed by atoms with E-state index in [0.717, 1.165) is 18.2 Å². The van der Waals surface area contributed by atoms with E-state index in [2.05, 4.69) is 192 Å². The summed E-state index contributed by atoms with van der Waals surface area (Å²) in [5.74, 6) is 0.202. The molecule has 57 heavy (non-hydrogen) atoms. The van der Waals surface area contributed by atoms with Gasteiger partial charge in [0.15, 0.2) is 0 Å². The van der Waals surface area contributed by atoms with Gasteiger partial charge in [0.05, 0.1) is 6.04 Å². The van der Waals surface area contributed by atoms with Crippen molar-refractivity contribution in [1.82, 2.24) is 0 Å². The molecule has 2 heterocycles. The van der Waals surface area contributed by atoms with Crippen LogP contribution in [0.4, 0.5) is 5.69 Å². The lowest BCUT2D eigenvalue weighted by Gasteiger charge is -2.31.